The van der Waals surface area contributed by atoms with Crippen molar-refractivity contribution in [1.82, 2.24) is 0 Å². The van der Waals surface area contributed by atoms with E-state index in [4.69, 9.17) is 5.73 Å². The van der Waals surface area contributed by atoms with E-state index < -0.39 is 0 Å². The predicted octanol–water partition coefficient (Wildman–Crippen LogP) is 5.99. The molecule has 1 aliphatic rings. The summed E-state index contributed by atoms with van der Waals surface area (Å²) >= 11 is 0. The first kappa shape index (κ1) is 18.7. The van der Waals surface area contributed by atoms with Gasteiger partial charge in [-0.2, -0.15) is 0 Å². The first-order chi connectivity index (χ1) is 12.4. The standard InChI is InChI=1S/C24H31NO/c1-24(2)14-12-18(13-15-24)6-3-7-19-8-4-9-20(16-19)21-10-5-11-22(17-21)23(25)26/h4-5,8-11,16-18H,3,6-7,12-15H2,1-2H3,(H2,25,26). The summed E-state index contributed by atoms with van der Waals surface area (Å²) in [5.41, 5.74) is 10.1. The summed E-state index contributed by atoms with van der Waals surface area (Å²) in [5, 5.41) is 0. The molecule has 2 aromatic carbocycles. The highest BCUT2D eigenvalue weighted by Gasteiger charge is 2.26. The number of carbonyl (C=O) groups excluding carboxylic acids is 1. The van der Waals surface area contributed by atoms with E-state index in [1.165, 1.54) is 44.1 Å². The van der Waals surface area contributed by atoms with Crippen molar-refractivity contribution in [1.29, 1.82) is 0 Å². The maximum absolute atomic E-state index is 11.4. The van der Waals surface area contributed by atoms with Crippen LogP contribution in [-0.4, -0.2) is 5.91 Å². The van der Waals surface area contributed by atoms with Crippen molar-refractivity contribution >= 4 is 5.91 Å². The average Bonchev–Trinajstić information content (AvgIpc) is 2.63. The first-order valence-corrected chi connectivity index (χ1v) is 9.92. The normalized spacial score (nSPS) is 17.2. The first-order valence-electron chi connectivity index (χ1n) is 9.92. The van der Waals surface area contributed by atoms with E-state index in [1.54, 1.807) is 6.07 Å². The van der Waals surface area contributed by atoms with Crippen LogP contribution in [0.25, 0.3) is 11.1 Å². The maximum atomic E-state index is 11.4. The van der Waals surface area contributed by atoms with Gasteiger partial charge in [0.1, 0.15) is 0 Å². The molecule has 0 spiro atoms. The van der Waals surface area contributed by atoms with Gasteiger partial charge in [0.2, 0.25) is 5.91 Å². The molecule has 0 saturated heterocycles. The Labute approximate surface area is 157 Å². The molecule has 0 atom stereocenters. The summed E-state index contributed by atoms with van der Waals surface area (Å²) in [4.78, 5) is 11.4. The SMILES string of the molecule is CC1(C)CCC(CCCc2cccc(-c3cccc(C(N)=O)c3)c2)CC1. The van der Waals surface area contributed by atoms with Crippen LogP contribution in [0.5, 0.6) is 0 Å². The zero-order chi connectivity index (χ0) is 18.6. The minimum Gasteiger partial charge on any atom is -0.366 e. The van der Waals surface area contributed by atoms with E-state index in [1.807, 2.05) is 18.2 Å². The molecular formula is C24H31NO. The van der Waals surface area contributed by atoms with Crippen LogP contribution in [0.3, 0.4) is 0 Å². The minimum absolute atomic E-state index is 0.376. The Morgan fingerprint density at radius 2 is 1.69 bits per heavy atom. The molecule has 2 heteroatoms. The molecule has 26 heavy (non-hydrogen) atoms. The number of primary amides is 1. The third-order valence-electron chi connectivity index (χ3n) is 5.94. The van der Waals surface area contributed by atoms with Crippen molar-refractivity contribution in [3.63, 3.8) is 0 Å². The van der Waals surface area contributed by atoms with Crippen molar-refractivity contribution in [2.24, 2.45) is 17.1 Å². The lowest BCUT2D eigenvalue weighted by molar-refractivity contribution is 0.100. The van der Waals surface area contributed by atoms with E-state index in [0.717, 1.165) is 23.5 Å². The smallest absolute Gasteiger partial charge is 0.248 e. The van der Waals surface area contributed by atoms with E-state index in [2.05, 4.69) is 38.1 Å². The van der Waals surface area contributed by atoms with Crippen molar-refractivity contribution in [3.05, 3.63) is 59.7 Å². The molecule has 0 aromatic heterocycles. The molecule has 2 N–H and O–H groups in total. The Bertz CT molecular complexity index is 752. The summed E-state index contributed by atoms with van der Waals surface area (Å²) in [6, 6.07) is 16.3. The Hall–Kier alpha value is -2.09. The van der Waals surface area contributed by atoms with Crippen molar-refractivity contribution < 1.29 is 4.79 Å². The molecule has 0 unspecified atom stereocenters. The Balaban J connectivity index is 1.58. The number of carbonyl (C=O) groups is 1. The molecule has 0 aliphatic heterocycles. The quantitative estimate of drug-likeness (QED) is 0.683. The fourth-order valence-corrected chi connectivity index (χ4v) is 4.10. The molecule has 2 nitrogen and oxygen atoms in total. The maximum Gasteiger partial charge on any atom is 0.248 e. The lowest BCUT2D eigenvalue weighted by Crippen LogP contribution is -2.21. The van der Waals surface area contributed by atoms with Gasteiger partial charge in [-0.05, 0) is 78.7 Å². The molecule has 138 valence electrons. The van der Waals surface area contributed by atoms with Gasteiger partial charge in [0.05, 0.1) is 0 Å². The lowest BCUT2D eigenvalue weighted by atomic mass is 9.72. The lowest BCUT2D eigenvalue weighted by Gasteiger charge is -2.34. The largest absolute Gasteiger partial charge is 0.366 e. The van der Waals surface area contributed by atoms with Crippen LogP contribution in [0, 0.1) is 11.3 Å². The van der Waals surface area contributed by atoms with Crippen molar-refractivity contribution in [3.8, 4) is 11.1 Å². The van der Waals surface area contributed by atoms with E-state index in [0.29, 0.717) is 11.0 Å². The number of rotatable bonds is 6. The highest BCUT2D eigenvalue weighted by Crippen LogP contribution is 2.39. The summed E-state index contributed by atoms with van der Waals surface area (Å²) in [5.74, 6) is 0.539. The Morgan fingerprint density at radius 1 is 1.04 bits per heavy atom. The van der Waals surface area contributed by atoms with Crippen LogP contribution in [-0.2, 0) is 6.42 Å². The second kappa shape index (κ2) is 8.07. The van der Waals surface area contributed by atoms with Gasteiger partial charge >= 0.3 is 0 Å². The predicted molar refractivity (Wildman–Crippen MR) is 109 cm³/mol. The molecule has 0 radical (unpaired) electrons. The molecule has 1 amide bonds. The van der Waals surface area contributed by atoms with Gasteiger partial charge in [-0.25, -0.2) is 0 Å². The summed E-state index contributed by atoms with van der Waals surface area (Å²) in [6.45, 7) is 4.81. The molecule has 0 bridgehead atoms. The van der Waals surface area contributed by atoms with Gasteiger partial charge in [0, 0.05) is 5.56 Å². The third kappa shape index (κ3) is 4.97. The molecule has 2 aromatic rings. The van der Waals surface area contributed by atoms with Crippen molar-refractivity contribution in [2.75, 3.05) is 0 Å². The topological polar surface area (TPSA) is 43.1 Å². The van der Waals surface area contributed by atoms with E-state index in [-0.39, 0.29) is 5.91 Å². The summed E-state index contributed by atoms with van der Waals surface area (Å²) in [7, 11) is 0. The number of aryl methyl sites for hydroxylation is 1. The second-order valence-corrected chi connectivity index (χ2v) is 8.65. The molecule has 1 aliphatic carbocycles. The van der Waals surface area contributed by atoms with Gasteiger partial charge in [-0.3, -0.25) is 4.79 Å². The number of hydrogen-bond donors (Lipinski definition) is 1. The number of hydrogen-bond acceptors (Lipinski definition) is 1. The Morgan fingerprint density at radius 3 is 2.38 bits per heavy atom. The van der Waals surface area contributed by atoms with Gasteiger partial charge in [0.15, 0.2) is 0 Å². The average molecular weight is 350 g/mol. The second-order valence-electron chi connectivity index (χ2n) is 8.65. The minimum atomic E-state index is -0.376. The van der Waals surface area contributed by atoms with Crippen LogP contribution in [0.4, 0.5) is 0 Å². The highest BCUT2D eigenvalue weighted by atomic mass is 16.1. The Kier molecular flexibility index (Phi) is 5.80. The molecular weight excluding hydrogens is 318 g/mol. The number of nitrogens with two attached hydrogens (primary N) is 1. The monoisotopic (exact) mass is 349 g/mol. The molecule has 1 fully saturated rings. The summed E-state index contributed by atoms with van der Waals surface area (Å²) in [6.07, 6.45) is 9.28. The summed E-state index contributed by atoms with van der Waals surface area (Å²) < 4.78 is 0. The van der Waals surface area contributed by atoms with Gasteiger partial charge in [-0.15, -0.1) is 0 Å². The van der Waals surface area contributed by atoms with Gasteiger partial charge in [0.25, 0.3) is 0 Å². The molecule has 1 saturated carbocycles. The zero-order valence-corrected chi connectivity index (χ0v) is 16.1. The van der Waals surface area contributed by atoms with Crippen LogP contribution < -0.4 is 5.73 Å². The zero-order valence-electron chi connectivity index (χ0n) is 16.1. The van der Waals surface area contributed by atoms with Crippen LogP contribution in [0.1, 0.15) is 68.3 Å². The number of benzene rings is 2. The van der Waals surface area contributed by atoms with Crippen LogP contribution >= 0.6 is 0 Å². The van der Waals surface area contributed by atoms with E-state index in [9.17, 15) is 4.79 Å². The number of amides is 1. The van der Waals surface area contributed by atoms with Crippen LogP contribution in [0.15, 0.2) is 48.5 Å². The fourth-order valence-electron chi connectivity index (χ4n) is 4.10. The van der Waals surface area contributed by atoms with Gasteiger partial charge in [-0.1, -0.05) is 56.7 Å². The highest BCUT2D eigenvalue weighted by molar-refractivity contribution is 5.94. The van der Waals surface area contributed by atoms with Crippen LogP contribution in [0.2, 0.25) is 0 Å². The van der Waals surface area contributed by atoms with Crippen molar-refractivity contribution in [2.45, 2.75) is 58.8 Å². The fraction of sp³-hybridized carbons (Fsp3) is 0.458. The third-order valence-corrected chi connectivity index (χ3v) is 5.94. The molecule has 3 rings (SSSR count). The van der Waals surface area contributed by atoms with Gasteiger partial charge < -0.3 is 5.73 Å². The van der Waals surface area contributed by atoms with E-state index >= 15 is 0 Å². The molecule has 0 heterocycles.